The molecule has 0 aliphatic heterocycles. The molecule has 0 heterocycles. The summed E-state index contributed by atoms with van der Waals surface area (Å²) >= 11 is 3.42. The number of halogens is 2. The normalized spacial score (nSPS) is 12.5. The van der Waals surface area contributed by atoms with Crippen molar-refractivity contribution in [2.75, 3.05) is 17.1 Å². The third-order valence-corrected chi connectivity index (χ3v) is 8.17. The Morgan fingerprint density at radius 2 is 1.60 bits per heavy atom. The van der Waals surface area contributed by atoms with Crippen LogP contribution in [0.3, 0.4) is 0 Å². The van der Waals surface area contributed by atoms with Crippen LogP contribution in [0.25, 0.3) is 0 Å². The van der Waals surface area contributed by atoms with Crippen LogP contribution < -0.4 is 9.62 Å². The van der Waals surface area contributed by atoms with E-state index in [0.29, 0.717) is 11.3 Å². The Morgan fingerprint density at radius 3 is 2.15 bits per heavy atom. The molecule has 3 rings (SSSR count). The molecule has 214 valence electrons. The maximum absolute atomic E-state index is 14.1. The van der Waals surface area contributed by atoms with Gasteiger partial charge in [0.25, 0.3) is 0 Å². The molecule has 0 aromatic heterocycles. The van der Waals surface area contributed by atoms with Gasteiger partial charge >= 0.3 is 0 Å². The standard InChI is InChI=1S/C30H35BrFN3O4S/c1-21-17-25(15-16-26(21)31)35(40(5,38)39)20-28(36)34(19-23-11-13-24(32)14-12-23)27(29(37)33-30(2,3)4)18-22-9-7-6-8-10-22/h6-17,27H,18-20H2,1-5H3,(H,33,37). The molecule has 2 amide bonds. The van der Waals surface area contributed by atoms with Gasteiger partial charge in [0.05, 0.1) is 11.9 Å². The van der Waals surface area contributed by atoms with Gasteiger partial charge in [-0.3, -0.25) is 13.9 Å². The fraction of sp³-hybridized carbons (Fsp3) is 0.333. The largest absolute Gasteiger partial charge is 0.350 e. The second-order valence-electron chi connectivity index (χ2n) is 10.8. The Labute approximate surface area is 244 Å². The predicted molar refractivity (Wildman–Crippen MR) is 160 cm³/mol. The zero-order valence-electron chi connectivity index (χ0n) is 23.3. The van der Waals surface area contributed by atoms with Crippen molar-refractivity contribution >= 4 is 43.5 Å². The number of anilines is 1. The number of hydrogen-bond donors (Lipinski definition) is 1. The number of nitrogens with zero attached hydrogens (tertiary/aromatic N) is 2. The van der Waals surface area contributed by atoms with E-state index in [1.165, 1.54) is 17.0 Å². The van der Waals surface area contributed by atoms with E-state index in [-0.39, 0.29) is 18.9 Å². The first-order valence-electron chi connectivity index (χ1n) is 12.8. The van der Waals surface area contributed by atoms with E-state index in [4.69, 9.17) is 0 Å². The molecule has 10 heteroatoms. The number of sulfonamides is 1. The number of hydrogen-bond acceptors (Lipinski definition) is 4. The van der Waals surface area contributed by atoms with Gasteiger partial charge in [-0.2, -0.15) is 0 Å². The first kappa shape index (κ1) is 31.3. The van der Waals surface area contributed by atoms with Gasteiger partial charge in [0, 0.05) is 23.0 Å². The van der Waals surface area contributed by atoms with Crippen molar-refractivity contribution in [2.45, 2.75) is 52.2 Å². The van der Waals surface area contributed by atoms with Crippen molar-refractivity contribution in [1.82, 2.24) is 10.2 Å². The minimum atomic E-state index is -3.87. The smallest absolute Gasteiger partial charge is 0.244 e. The zero-order chi connectivity index (χ0) is 29.7. The lowest BCUT2D eigenvalue weighted by atomic mass is 10.0. The van der Waals surface area contributed by atoms with Crippen molar-refractivity contribution < 1.29 is 22.4 Å². The van der Waals surface area contributed by atoms with Crippen molar-refractivity contribution in [3.05, 3.63) is 99.8 Å². The summed E-state index contributed by atoms with van der Waals surface area (Å²) in [7, 11) is -3.87. The van der Waals surface area contributed by atoms with Gasteiger partial charge in [0.2, 0.25) is 21.8 Å². The maximum atomic E-state index is 14.1. The van der Waals surface area contributed by atoms with Gasteiger partial charge in [-0.15, -0.1) is 0 Å². The van der Waals surface area contributed by atoms with Crippen molar-refractivity contribution in [2.24, 2.45) is 0 Å². The minimum absolute atomic E-state index is 0.0227. The third-order valence-electron chi connectivity index (χ3n) is 6.14. The molecule has 0 radical (unpaired) electrons. The molecule has 3 aromatic carbocycles. The van der Waals surface area contributed by atoms with Gasteiger partial charge in [-0.25, -0.2) is 12.8 Å². The Morgan fingerprint density at radius 1 is 0.975 bits per heavy atom. The monoisotopic (exact) mass is 631 g/mol. The summed E-state index contributed by atoms with van der Waals surface area (Å²) in [6.45, 7) is 6.82. The highest BCUT2D eigenvalue weighted by molar-refractivity contribution is 9.10. The highest BCUT2D eigenvalue weighted by Crippen LogP contribution is 2.25. The minimum Gasteiger partial charge on any atom is -0.350 e. The van der Waals surface area contributed by atoms with E-state index in [1.807, 2.05) is 58.0 Å². The van der Waals surface area contributed by atoms with Crippen molar-refractivity contribution in [3.8, 4) is 0 Å². The first-order chi connectivity index (χ1) is 18.6. The van der Waals surface area contributed by atoms with E-state index in [9.17, 15) is 22.4 Å². The van der Waals surface area contributed by atoms with Crippen molar-refractivity contribution in [1.29, 1.82) is 0 Å². The Bertz CT molecular complexity index is 1440. The molecule has 0 aliphatic rings. The topological polar surface area (TPSA) is 86.8 Å². The van der Waals surface area contributed by atoms with Crippen LogP contribution in [0.5, 0.6) is 0 Å². The molecular weight excluding hydrogens is 597 g/mol. The van der Waals surface area contributed by atoms with Gasteiger partial charge in [-0.05, 0) is 74.7 Å². The van der Waals surface area contributed by atoms with Crippen LogP contribution in [0.2, 0.25) is 0 Å². The van der Waals surface area contributed by atoms with E-state index in [0.717, 1.165) is 26.2 Å². The quantitative estimate of drug-likeness (QED) is 0.332. The molecule has 3 aromatic rings. The highest BCUT2D eigenvalue weighted by atomic mass is 79.9. The molecule has 1 unspecified atom stereocenters. The van der Waals surface area contributed by atoms with Crippen LogP contribution in [0, 0.1) is 12.7 Å². The average Bonchev–Trinajstić information content (AvgIpc) is 2.86. The Balaban J connectivity index is 2.08. The lowest BCUT2D eigenvalue weighted by Crippen LogP contribution is -2.56. The van der Waals surface area contributed by atoms with Crippen LogP contribution in [-0.2, 0) is 32.6 Å². The molecule has 0 fully saturated rings. The maximum Gasteiger partial charge on any atom is 0.244 e. The fourth-order valence-electron chi connectivity index (χ4n) is 4.19. The lowest BCUT2D eigenvalue weighted by Gasteiger charge is -2.35. The second-order valence-corrected chi connectivity index (χ2v) is 13.6. The van der Waals surface area contributed by atoms with Crippen LogP contribution >= 0.6 is 15.9 Å². The number of nitrogens with one attached hydrogen (secondary N) is 1. The van der Waals surface area contributed by atoms with Gasteiger partial charge < -0.3 is 10.2 Å². The summed E-state index contributed by atoms with van der Waals surface area (Å²) in [6, 6.07) is 19.0. The van der Waals surface area contributed by atoms with E-state index < -0.39 is 39.9 Å². The number of carbonyl (C=O) groups is 2. The van der Waals surface area contributed by atoms with Crippen LogP contribution in [0.1, 0.15) is 37.5 Å². The Hall–Kier alpha value is -3.24. The summed E-state index contributed by atoms with van der Waals surface area (Å²) < 4.78 is 41.3. The van der Waals surface area contributed by atoms with Gasteiger partial charge in [-0.1, -0.05) is 58.4 Å². The molecule has 0 aliphatic carbocycles. The van der Waals surface area contributed by atoms with Crippen LogP contribution in [0.15, 0.2) is 77.3 Å². The SMILES string of the molecule is Cc1cc(N(CC(=O)N(Cc2ccc(F)cc2)C(Cc2ccccc2)C(=O)NC(C)(C)C)S(C)(=O)=O)ccc1Br. The molecule has 7 nitrogen and oxygen atoms in total. The number of benzene rings is 3. The molecular formula is C30H35BrFN3O4S. The van der Waals surface area contributed by atoms with Crippen LogP contribution in [0.4, 0.5) is 10.1 Å². The lowest BCUT2D eigenvalue weighted by molar-refractivity contribution is -0.140. The van der Waals surface area contributed by atoms with E-state index >= 15 is 0 Å². The van der Waals surface area contributed by atoms with Gasteiger partial charge in [0.1, 0.15) is 18.4 Å². The molecule has 0 spiro atoms. The third kappa shape index (κ3) is 8.89. The summed E-state index contributed by atoms with van der Waals surface area (Å²) in [5, 5.41) is 2.97. The second kappa shape index (κ2) is 13.0. The fourth-order valence-corrected chi connectivity index (χ4v) is 5.28. The summed E-state index contributed by atoms with van der Waals surface area (Å²) in [4.78, 5) is 29.1. The predicted octanol–water partition coefficient (Wildman–Crippen LogP) is 5.22. The van der Waals surface area contributed by atoms with E-state index in [2.05, 4.69) is 21.2 Å². The Kier molecular flexibility index (Phi) is 10.1. The summed E-state index contributed by atoms with van der Waals surface area (Å²) in [6.07, 6.45) is 1.24. The number of rotatable bonds is 10. The average molecular weight is 633 g/mol. The first-order valence-corrected chi connectivity index (χ1v) is 15.4. The van der Waals surface area contributed by atoms with E-state index in [1.54, 1.807) is 30.3 Å². The van der Waals surface area contributed by atoms with Crippen LogP contribution in [-0.4, -0.2) is 49.5 Å². The molecule has 1 N–H and O–H groups in total. The number of amides is 2. The van der Waals surface area contributed by atoms with Gasteiger partial charge in [0.15, 0.2) is 0 Å². The van der Waals surface area contributed by atoms with Crippen molar-refractivity contribution in [3.63, 3.8) is 0 Å². The molecule has 0 bridgehead atoms. The molecule has 0 saturated carbocycles. The number of carbonyl (C=O) groups excluding carboxylic acids is 2. The molecule has 1 atom stereocenters. The molecule has 0 saturated heterocycles. The summed E-state index contributed by atoms with van der Waals surface area (Å²) in [5.74, 6) is -1.38. The highest BCUT2D eigenvalue weighted by Gasteiger charge is 2.34. The molecule has 40 heavy (non-hydrogen) atoms. The number of aryl methyl sites for hydroxylation is 1. The summed E-state index contributed by atoms with van der Waals surface area (Å²) in [5.41, 5.74) is 1.98. The zero-order valence-corrected chi connectivity index (χ0v) is 25.7.